The predicted octanol–water partition coefficient (Wildman–Crippen LogP) is 4.37. The summed E-state index contributed by atoms with van der Waals surface area (Å²) in [6.45, 7) is 0.728. The van der Waals surface area contributed by atoms with Crippen LogP contribution in [0.15, 0.2) is 48.0 Å². The van der Waals surface area contributed by atoms with Crippen LogP contribution in [0.4, 0.5) is 5.95 Å². The van der Waals surface area contributed by atoms with Crippen LogP contribution < -0.4 is 14.8 Å². The van der Waals surface area contributed by atoms with Crippen LogP contribution in [0.5, 0.6) is 11.5 Å². The summed E-state index contributed by atoms with van der Waals surface area (Å²) in [5.74, 6) is 2.50. The second-order valence-corrected chi connectivity index (χ2v) is 7.33. The van der Waals surface area contributed by atoms with Crippen molar-refractivity contribution in [1.29, 1.82) is 0 Å². The van der Waals surface area contributed by atoms with Crippen LogP contribution >= 0.6 is 11.3 Å². The zero-order valence-electron chi connectivity index (χ0n) is 16.1. The summed E-state index contributed by atoms with van der Waals surface area (Å²) in [5.41, 5.74) is 4.00. The molecule has 1 N–H and O–H groups in total. The van der Waals surface area contributed by atoms with E-state index >= 15 is 0 Å². The third-order valence-corrected chi connectivity index (χ3v) is 5.60. The highest BCUT2D eigenvalue weighted by atomic mass is 32.1. The molecule has 0 spiro atoms. The fourth-order valence-corrected chi connectivity index (χ4v) is 3.89. The summed E-state index contributed by atoms with van der Waals surface area (Å²) < 4.78 is 12.8. The van der Waals surface area contributed by atoms with E-state index in [2.05, 4.69) is 37.4 Å². The summed E-state index contributed by atoms with van der Waals surface area (Å²) in [7, 11) is 5.37. The number of imidazole rings is 1. The van der Waals surface area contributed by atoms with Gasteiger partial charge in [0.25, 0.3) is 0 Å². The maximum absolute atomic E-state index is 5.46. The second kappa shape index (κ2) is 7.90. The molecule has 0 aliphatic carbocycles. The number of aryl methyl sites for hydroxylation is 1. The van der Waals surface area contributed by atoms with Crippen molar-refractivity contribution >= 4 is 28.3 Å². The third-order valence-electron chi connectivity index (χ3n) is 4.71. The van der Waals surface area contributed by atoms with Crippen molar-refractivity contribution < 1.29 is 9.47 Å². The molecule has 4 rings (SSSR count). The topological polar surface area (TPSA) is 61.2 Å². The number of methoxy groups -OCH3 is 2. The normalized spacial score (nSPS) is 11.0. The van der Waals surface area contributed by atoms with Gasteiger partial charge in [0, 0.05) is 13.6 Å². The van der Waals surface area contributed by atoms with E-state index < -0.39 is 0 Å². The van der Waals surface area contributed by atoms with E-state index in [0.29, 0.717) is 0 Å². The third kappa shape index (κ3) is 3.53. The van der Waals surface area contributed by atoms with Gasteiger partial charge < -0.3 is 19.4 Å². The van der Waals surface area contributed by atoms with Crippen LogP contribution in [-0.4, -0.2) is 35.3 Å². The quantitative estimate of drug-likeness (QED) is 0.504. The van der Waals surface area contributed by atoms with Crippen LogP contribution in [0.25, 0.3) is 21.6 Å². The van der Waals surface area contributed by atoms with Gasteiger partial charge in [-0.3, -0.25) is 4.98 Å². The van der Waals surface area contributed by atoms with Gasteiger partial charge in [-0.2, -0.15) is 0 Å². The summed E-state index contributed by atoms with van der Waals surface area (Å²) in [4.78, 5) is 10.4. The first-order valence-electron chi connectivity index (χ1n) is 9.00. The van der Waals surface area contributed by atoms with Gasteiger partial charge in [0.2, 0.25) is 5.95 Å². The highest BCUT2D eigenvalue weighted by Gasteiger charge is 2.11. The Bertz CT molecular complexity index is 1090. The number of fused-ring (bicyclic) bond motifs is 1. The minimum absolute atomic E-state index is 0.728. The van der Waals surface area contributed by atoms with E-state index in [9.17, 15) is 0 Å². The summed E-state index contributed by atoms with van der Waals surface area (Å²) in [6.07, 6.45) is 2.63. The number of nitrogens with zero attached hydrogens (tertiary/aromatic N) is 3. The van der Waals surface area contributed by atoms with E-state index in [1.807, 2.05) is 37.5 Å². The molecule has 0 fully saturated rings. The minimum Gasteiger partial charge on any atom is -0.497 e. The molecule has 0 aliphatic rings. The van der Waals surface area contributed by atoms with Crippen molar-refractivity contribution in [1.82, 2.24) is 14.5 Å². The van der Waals surface area contributed by atoms with Gasteiger partial charge in [-0.25, -0.2) is 4.98 Å². The molecule has 0 radical (unpaired) electrons. The molecule has 3 aromatic heterocycles. The van der Waals surface area contributed by atoms with Crippen molar-refractivity contribution in [2.24, 2.45) is 7.05 Å². The fraction of sp³-hybridized carbons (Fsp3) is 0.238. The molecule has 0 bridgehead atoms. The van der Waals surface area contributed by atoms with Gasteiger partial charge in [0.05, 0.1) is 36.5 Å². The Labute approximate surface area is 167 Å². The molecule has 4 aromatic rings. The zero-order valence-corrected chi connectivity index (χ0v) is 16.9. The second-order valence-electron chi connectivity index (χ2n) is 6.38. The summed E-state index contributed by atoms with van der Waals surface area (Å²) >= 11 is 1.69. The Morgan fingerprint density at radius 2 is 2.04 bits per heavy atom. The molecule has 0 amide bonds. The number of aromatic nitrogens is 3. The van der Waals surface area contributed by atoms with E-state index in [1.165, 1.54) is 0 Å². The highest BCUT2D eigenvalue weighted by molar-refractivity contribution is 7.13. The molecule has 0 unspecified atom stereocenters. The Balaban J connectivity index is 1.52. The van der Waals surface area contributed by atoms with Crippen molar-refractivity contribution in [2.75, 3.05) is 26.1 Å². The average molecular weight is 395 g/mol. The molecule has 3 heterocycles. The maximum atomic E-state index is 5.46. The Morgan fingerprint density at radius 1 is 1.14 bits per heavy atom. The number of ether oxygens (including phenoxy) is 2. The van der Waals surface area contributed by atoms with E-state index in [-0.39, 0.29) is 0 Å². The Hall–Kier alpha value is -3.06. The summed E-state index contributed by atoms with van der Waals surface area (Å²) in [6, 6.07) is 12.0. The van der Waals surface area contributed by atoms with Gasteiger partial charge in [-0.05, 0) is 47.7 Å². The minimum atomic E-state index is 0.728. The van der Waals surface area contributed by atoms with Gasteiger partial charge in [-0.1, -0.05) is 6.07 Å². The van der Waals surface area contributed by atoms with Crippen LogP contribution in [0.1, 0.15) is 5.56 Å². The van der Waals surface area contributed by atoms with Crippen LogP contribution in [0, 0.1) is 0 Å². The standard InChI is InChI=1S/C21H22N4O2S/c1-25-18-12-16(20-5-4-10-28-20)23-13-17(18)24-21(25)22-9-8-14-11-15(26-2)6-7-19(14)27-3/h4-7,10-13H,8-9H2,1-3H3,(H,22,24). The highest BCUT2D eigenvalue weighted by Crippen LogP contribution is 2.27. The lowest BCUT2D eigenvalue weighted by Gasteiger charge is -2.11. The molecular weight excluding hydrogens is 372 g/mol. The molecule has 0 saturated heterocycles. The van der Waals surface area contributed by atoms with Crippen LogP contribution in [-0.2, 0) is 13.5 Å². The first-order valence-corrected chi connectivity index (χ1v) is 9.88. The number of pyridine rings is 1. The molecule has 144 valence electrons. The van der Waals surface area contributed by atoms with Crippen LogP contribution in [0.2, 0.25) is 0 Å². The number of thiophene rings is 1. The van der Waals surface area contributed by atoms with Gasteiger partial charge in [0.1, 0.15) is 17.0 Å². The van der Waals surface area contributed by atoms with E-state index in [0.717, 1.165) is 57.6 Å². The number of rotatable bonds is 7. The number of nitrogens with one attached hydrogen (secondary N) is 1. The molecule has 7 heteroatoms. The Morgan fingerprint density at radius 3 is 2.79 bits per heavy atom. The number of anilines is 1. The van der Waals surface area contributed by atoms with Gasteiger partial charge in [-0.15, -0.1) is 11.3 Å². The Kier molecular flexibility index (Phi) is 5.16. The van der Waals surface area contributed by atoms with Crippen molar-refractivity contribution in [3.63, 3.8) is 0 Å². The molecule has 28 heavy (non-hydrogen) atoms. The molecule has 0 saturated carbocycles. The lowest BCUT2D eigenvalue weighted by atomic mass is 10.1. The van der Waals surface area contributed by atoms with Crippen molar-refractivity contribution in [3.8, 4) is 22.1 Å². The first-order chi connectivity index (χ1) is 13.7. The van der Waals surface area contributed by atoms with E-state index in [4.69, 9.17) is 9.47 Å². The molecule has 6 nitrogen and oxygen atoms in total. The lowest BCUT2D eigenvalue weighted by molar-refractivity contribution is 0.399. The monoisotopic (exact) mass is 394 g/mol. The van der Waals surface area contributed by atoms with Crippen LogP contribution in [0.3, 0.4) is 0 Å². The van der Waals surface area contributed by atoms with Gasteiger partial charge >= 0.3 is 0 Å². The number of benzene rings is 1. The van der Waals surface area contributed by atoms with Crippen molar-refractivity contribution in [2.45, 2.75) is 6.42 Å². The van der Waals surface area contributed by atoms with Gasteiger partial charge in [0.15, 0.2) is 0 Å². The molecular formula is C21H22N4O2S. The van der Waals surface area contributed by atoms with Crippen molar-refractivity contribution in [3.05, 3.63) is 53.5 Å². The smallest absolute Gasteiger partial charge is 0.203 e. The van der Waals surface area contributed by atoms with E-state index in [1.54, 1.807) is 25.6 Å². The molecule has 0 aliphatic heterocycles. The zero-order chi connectivity index (χ0) is 19.5. The lowest BCUT2D eigenvalue weighted by Crippen LogP contribution is -2.09. The largest absolute Gasteiger partial charge is 0.497 e. The SMILES string of the molecule is COc1ccc(OC)c(CCNc2nc3cnc(-c4cccs4)cc3n2C)c1. The predicted molar refractivity (Wildman–Crippen MR) is 114 cm³/mol. The number of hydrogen-bond acceptors (Lipinski definition) is 6. The summed E-state index contributed by atoms with van der Waals surface area (Å²) in [5, 5.41) is 5.48. The maximum Gasteiger partial charge on any atom is 0.203 e. The average Bonchev–Trinajstić information content (AvgIpc) is 3.36. The number of hydrogen-bond donors (Lipinski definition) is 1. The fourth-order valence-electron chi connectivity index (χ4n) is 3.20. The first kappa shape index (κ1) is 18.3. The molecule has 1 aromatic carbocycles. The molecule has 0 atom stereocenters.